The van der Waals surface area contributed by atoms with Crippen molar-refractivity contribution in [2.24, 2.45) is 0 Å². The van der Waals surface area contributed by atoms with Gasteiger partial charge in [0.05, 0.1) is 0 Å². The second-order valence-electron chi connectivity index (χ2n) is 3.31. The van der Waals surface area contributed by atoms with Gasteiger partial charge in [-0.2, -0.15) is 0 Å². The second-order valence-corrected chi connectivity index (χ2v) is 6.04. The molecule has 0 atom stereocenters. The molecule has 0 saturated carbocycles. The summed E-state index contributed by atoms with van der Waals surface area (Å²) in [4.78, 5) is 1.28. The lowest BCUT2D eigenvalue weighted by Gasteiger charge is -2.05. The fraction of sp³-hybridized carbons (Fsp3) is 0.0769. The first kappa shape index (κ1) is 12.2. The predicted octanol–water partition coefficient (Wildman–Crippen LogP) is 5.50. The Labute approximate surface area is 117 Å². The molecule has 0 aromatic heterocycles. The van der Waals surface area contributed by atoms with Crippen LogP contribution in [0, 0.1) is 0 Å². The van der Waals surface area contributed by atoms with Crippen molar-refractivity contribution in [2.75, 3.05) is 0 Å². The Morgan fingerprint density at radius 1 is 0.812 bits per heavy atom. The summed E-state index contributed by atoms with van der Waals surface area (Å²) in [5.41, 5.74) is 1.32. The summed E-state index contributed by atoms with van der Waals surface area (Å²) >= 11 is 8.96. The van der Waals surface area contributed by atoms with Gasteiger partial charge in [-0.25, -0.2) is 0 Å². The highest BCUT2D eigenvalue weighted by atomic mass is 79.9. The Morgan fingerprint density at radius 2 is 1.44 bits per heavy atom. The van der Waals surface area contributed by atoms with E-state index in [1.165, 1.54) is 14.9 Å². The Hall–Kier alpha value is -0.250. The monoisotopic (exact) mass is 356 g/mol. The fourth-order valence-electron chi connectivity index (χ4n) is 1.33. The molecule has 0 amide bonds. The summed E-state index contributed by atoms with van der Waals surface area (Å²) < 4.78 is 2.33. The number of rotatable bonds is 3. The second kappa shape index (κ2) is 5.89. The summed E-state index contributed by atoms with van der Waals surface area (Å²) in [6.45, 7) is 0. The van der Waals surface area contributed by atoms with Gasteiger partial charge in [-0.05, 0) is 39.7 Å². The van der Waals surface area contributed by atoms with Gasteiger partial charge in [0.2, 0.25) is 0 Å². The zero-order chi connectivity index (χ0) is 11.4. The van der Waals surface area contributed by atoms with E-state index in [9.17, 15) is 0 Å². The lowest BCUT2D eigenvalue weighted by atomic mass is 10.2. The zero-order valence-electron chi connectivity index (χ0n) is 8.49. The van der Waals surface area contributed by atoms with E-state index in [0.29, 0.717) is 0 Å². The molecule has 16 heavy (non-hydrogen) atoms. The molecule has 0 fully saturated rings. The molecule has 3 heteroatoms. The number of hydrogen-bond donors (Lipinski definition) is 0. The van der Waals surface area contributed by atoms with Crippen LogP contribution in [0.15, 0.2) is 62.4 Å². The van der Waals surface area contributed by atoms with Crippen molar-refractivity contribution in [3.8, 4) is 0 Å². The van der Waals surface area contributed by atoms with Crippen molar-refractivity contribution in [1.82, 2.24) is 0 Å². The maximum absolute atomic E-state index is 3.56. The minimum atomic E-state index is 0.976. The van der Waals surface area contributed by atoms with Crippen LogP contribution in [0.25, 0.3) is 0 Å². The number of thioether (sulfide) groups is 1. The van der Waals surface area contributed by atoms with Crippen LogP contribution in [0.2, 0.25) is 0 Å². The molecular weight excluding hydrogens is 348 g/mol. The smallest absolute Gasteiger partial charge is 0.0311 e. The molecule has 0 heterocycles. The molecule has 0 spiro atoms. The van der Waals surface area contributed by atoms with E-state index in [1.54, 1.807) is 0 Å². The maximum Gasteiger partial charge on any atom is 0.0311 e. The van der Waals surface area contributed by atoms with Gasteiger partial charge in [0, 0.05) is 19.6 Å². The molecule has 0 radical (unpaired) electrons. The molecule has 0 saturated heterocycles. The van der Waals surface area contributed by atoms with Gasteiger partial charge in [-0.15, -0.1) is 11.8 Å². The van der Waals surface area contributed by atoms with Gasteiger partial charge in [-0.1, -0.05) is 46.3 Å². The molecule has 0 bridgehead atoms. The standard InChI is InChI=1S/C13H10Br2S/c14-11-6-2-1-5-10(11)9-16-13-8-4-3-7-12(13)15/h1-8H,9H2. The van der Waals surface area contributed by atoms with E-state index in [0.717, 1.165) is 10.2 Å². The van der Waals surface area contributed by atoms with Crippen LogP contribution in [-0.4, -0.2) is 0 Å². The van der Waals surface area contributed by atoms with Crippen LogP contribution in [0.1, 0.15) is 5.56 Å². The Morgan fingerprint density at radius 3 is 2.12 bits per heavy atom. The van der Waals surface area contributed by atoms with Crippen LogP contribution in [0.3, 0.4) is 0 Å². The minimum Gasteiger partial charge on any atom is -0.120 e. The quantitative estimate of drug-likeness (QED) is 0.653. The summed E-state index contributed by atoms with van der Waals surface area (Å²) in [6, 6.07) is 16.6. The maximum atomic E-state index is 3.56. The molecule has 0 aliphatic carbocycles. The normalized spacial score (nSPS) is 10.4. The average Bonchev–Trinajstić information content (AvgIpc) is 2.30. The minimum absolute atomic E-state index is 0.976. The van der Waals surface area contributed by atoms with E-state index in [-0.39, 0.29) is 0 Å². The first-order valence-electron chi connectivity index (χ1n) is 4.88. The lowest BCUT2D eigenvalue weighted by Crippen LogP contribution is -1.82. The molecule has 0 nitrogen and oxygen atoms in total. The van der Waals surface area contributed by atoms with Gasteiger partial charge in [0.15, 0.2) is 0 Å². The predicted molar refractivity (Wildman–Crippen MR) is 77.8 cm³/mol. The topological polar surface area (TPSA) is 0 Å². The highest BCUT2D eigenvalue weighted by Gasteiger charge is 2.02. The van der Waals surface area contributed by atoms with Crippen LogP contribution in [-0.2, 0) is 5.75 Å². The zero-order valence-corrected chi connectivity index (χ0v) is 12.5. The third-order valence-electron chi connectivity index (χ3n) is 2.18. The summed E-state index contributed by atoms with van der Waals surface area (Å²) in [6.07, 6.45) is 0. The van der Waals surface area contributed by atoms with Crippen molar-refractivity contribution < 1.29 is 0 Å². The van der Waals surface area contributed by atoms with E-state index in [2.05, 4.69) is 68.3 Å². The van der Waals surface area contributed by atoms with Crippen LogP contribution in [0.4, 0.5) is 0 Å². The molecule has 2 aromatic rings. The van der Waals surface area contributed by atoms with Crippen LogP contribution >= 0.6 is 43.6 Å². The van der Waals surface area contributed by atoms with Crippen molar-refractivity contribution in [2.45, 2.75) is 10.6 Å². The van der Waals surface area contributed by atoms with E-state index in [1.807, 2.05) is 23.9 Å². The lowest BCUT2D eigenvalue weighted by molar-refractivity contribution is 1.34. The molecular formula is C13H10Br2S. The van der Waals surface area contributed by atoms with Gasteiger partial charge in [0.1, 0.15) is 0 Å². The average molecular weight is 358 g/mol. The van der Waals surface area contributed by atoms with E-state index in [4.69, 9.17) is 0 Å². The van der Waals surface area contributed by atoms with Gasteiger partial charge in [0.25, 0.3) is 0 Å². The van der Waals surface area contributed by atoms with Gasteiger partial charge < -0.3 is 0 Å². The Kier molecular flexibility index (Phi) is 4.50. The SMILES string of the molecule is Brc1ccccc1CSc1ccccc1Br. The van der Waals surface area contributed by atoms with Crippen molar-refractivity contribution in [3.05, 3.63) is 63.0 Å². The molecule has 0 aliphatic rings. The van der Waals surface area contributed by atoms with Crippen molar-refractivity contribution in [3.63, 3.8) is 0 Å². The van der Waals surface area contributed by atoms with E-state index < -0.39 is 0 Å². The molecule has 0 aliphatic heterocycles. The molecule has 0 unspecified atom stereocenters. The van der Waals surface area contributed by atoms with E-state index >= 15 is 0 Å². The van der Waals surface area contributed by atoms with Crippen LogP contribution < -0.4 is 0 Å². The van der Waals surface area contributed by atoms with Crippen molar-refractivity contribution in [1.29, 1.82) is 0 Å². The molecule has 0 N–H and O–H groups in total. The summed E-state index contributed by atoms with van der Waals surface area (Å²) in [5.74, 6) is 0.976. The summed E-state index contributed by atoms with van der Waals surface area (Å²) in [7, 11) is 0. The fourth-order valence-corrected chi connectivity index (χ4v) is 3.51. The Bertz CT molecular complexity index is 437. The third kappa shape index (κ3) is 3.12. The highest BCUT2D eigenvalue weighted by Crippen LogP contribution is 2.31. The first-order valence-corrected chi connectivity index (χ1v) is 7.45. The van der Waals surface area contributed by atoms with Gasteiger partial charge >= 0.3 is 0 Å². The van der Waals surface area contributed by atoms with Crippen molar-refractivity contribution >= 4 is 43.6 Å². The Balaban J connectivity index is 2.09. The molecule has 82 valence electrons. The number of hydrogen-bond acceptors (Lipinski definition) is 1. The van der Waals surface area contributed by atoms with Gasteiger partial charge in [-0.3, -0.25) is 0 Å². The molecule has 2 aromatic carbocycles. The van der Waals surface area contributed by atoms with Crippen LogP contribution in [0.5, 0.6) is 0 Å². The first-order chi connectivity index (χ1) is 7.77. The summed E-state index contributed by atoms with van der Waals surface area (Å²) in [5, 5.41) is 0. The third-order valence-corrected chi connectivity index (χ3v) is 5.03. The number of benzene rings is 2. The molecule has 2 rings (SSSR count). The largest absolute Gasteiger partial charge is 0.120 e. The number of halogens is 2. The highest BCUT2D eigenvalue weighted by molar-refractivity contribution is 9.10.